The molecule has 0 unspecified atom stereocenters. The number of aromatic nitrogens is 4. The lowest BCUT2D eigenvalue weighted by Crippen LogP contribution is -2.60. The zero-order valence-corrected chi connectivity index (χ0v) is 18.3. The van der Waals surface area contributed by atoms with E-state index in [0.29, 0.717) is 6.04 Å². The quantitative estimate of drug-likeness (QED) is 0.704. The number of carbonyl (C=O) groups excluding carboxylic acids is 1. The lowest BCUT2D eigenvalue weighted by molar-refractivity contribution is -0.126. The fraction of sp³-hybridized carbons (Fsp3) is 0.652. The summed E-state index contributed by atoms with van der Waals surface area (Å²) < 4.78 is 2.22. The van der Waals surface area contributed by atoms with Crippen LogP contribution in [0.2, 0.25) is 0 Å². The predicted octanol–water partition coefficient (Wildman–Crippen LogP) is 4.24. The van der Waals surface area contributed by atoms with Gasteiger partial charge < -0.3 is 5.32 Å². The molecule has 4 bridgehead atoms. The smallest absolute Gasteiger partial charge is 0.233 e. The summed E-state index contributed by atoms with van der Waals surface area (Å²) >= 11 is 1.55. The Morgan fingerprint density at radius 2 is 1.87 bits per heavy atom. The molecule has 2 heterocycles. The van der Waals surface area contributed by atoms with Gasteiger partial charge in [0.05, 0.1) is 5.25 Å². The number of nitrogens with one attached hydrogen (secondary N) is 1. The van der Waals surface area contributed by atoms with Gasteiger partial charge >= 0.3 is 0 Å². The standard InChI is InChI=1S/C23H29N5OS/c1-14(21(29)25-23-10-15-7-16(11-23)9-17(8-15)12-23)30-22-27-26-20(28(22)19-4-5-19)18-3-2-6-24-13-18/h2-3,6,13-17,19H,4-5,7-12H2,1H3,(H,25,29)/t14-,15?,16?,17?,23?/m1/s1. The molecule has 2 aromatic rings. The van der Waals surface area contributed by atoms with E-state index in [4.69, 9.17) is 0 Å². The van der Waals surface area contributed by atoms with Crippen molar-refractivity contribution in [2.75, 3.05) is 0 Å². The fourth-order valence-corrected chi connectivity index (χ4v) is 7.47. The van der Waals surface area contributed by atoms with Crippen LogP contribution >= 0.6 is 11.8 Å². The number of thioether (sulfide) groups is 1. The topological polar surface area (TPSA) is 72.7 Å². The third-order valence-electron chi connectivity index (χ3n) is 7.57. The number of pyridine rings is 1. The van der Waals surface area contributed by atoms with Gasteiger partial charge in [0.25, 0.3) is 0 Å². The Balaban J connectivity index is 1.19. The molecule has 5 aliphatic carbocycles. The lowest BCUT2D eigenvalue weighted by atomic mass is 9.53. The van der Waals surface area contributed by atoms with Gasteiger partial charge in [-0.25, -0.2) is 0 Å². The van der Waals surface area contributed by atoms with E-state index in [1.807, 2.05) is 25.3 Å². The highest BCUT2D eigenvalue weighted by atomic mass is 32.2. The first-order valence-electron chi connectivity index (χ1n) is 11.4. The largest absolute Gasteiger partial charge is 0.350 e. The van der Waals surface area contributed by atoms with Crippen LogP contribution in [0.5, 0.6) is 0 Å². The minimum Gasteiger partial charge on any atom is -0.350 e. The molecule has 0 saturated heterocycles. The summed E-state index contributed by atoms with van der Waals surface area (Å²) in [5.74, 6) is 3.52. The Hall–Kier alpha value is -1.89. The van der Waals surface area contributed by atoms with Crippen molar-refractivity contribution in [3.05, 3.63) is 24.5 Å². The van der Waals surface area contributed by atoms with E-state index in [1.165, 1.54) is 38.5 Å². The van der Waals surface area contributed by atoms with Gasteiger partial charge in [0.15, 0.2) is 11.0 Å². The highest BCUT2D eigenvalue weighted by molar-refractivity contribution is 8.00. The third-order valence-corrected chi connectivity index (χ3v) is 8.63. The molecule has 1 amide bonds. The predicted molar refractivity (Wildman–Crippen MR) is 116 cm³/mol. The summed E-state index contributed by atoms with van der Waals surface area (Å²) in [7, 11) is 0. The molecule has 5 aliphatic rings. The Labute approximate surface area is 181 Å². The van der Waals surface area contributed by atoms with E-state index in [-0.39, 0.29) is 16.7 Å². The maximum Gasteiger partial charge on any atom is 0.233 e. The van der Waals surface area contributed by atoms with Gasteiger partial charge in [-0.3, -0.25) is 14.3 Å². The maximum atomic E-state index is 13.2. The summed E-state index contributed by atoms with van der Waals surface area (Å²) in [6, 6.07) is 4.39. The monoisotopic (exact) mass is 423 g/mol. The zero-order chi connectivity index (χ0) is 20.3. The second-order valence-electron chi connectivity index (χ2n) is 10.1. The van der Waals surface area contributed by atoms with Gasteiger partial charge in [0, 0.05) is 29.5 Å². The van der Waals surface area contributed by atoms with Crippen molar-refractivity contribution >= 4 is 17.7 Å². The second kappa shape index (κ2) is 7.08. The Morgan fingerprint density at radius 1 is 1.17 bits per heavy atom. The summed E-state index contributed by atoms with van der Waals surface area (Å²) in [5, 5.41) is 13.1. The first-order chi connectivity index (χ1) is 14.6. The first kappa shape index (κ1) is 18.8. The van der Waals surface area contributed by atoms with E-state index in [2.05, 4.69) is 25.1 Å². The lowest BCUT2D eigenvalue weighted by Gasteiger charge is -2.57. The van der Waals surface area contributed by atoms with Crippen LogP contribution in [0.4, 0.5) is 0 Å². The summed E-state index contributed by atoms with van der Waals surface area (Å²) in [4.78, 5) is 17.4. The second-order valence-corrected chi connectivity index (χ2v) is 11.4. The summed E-state index contributed by atoms with van der Waals surface area (Å²) in [6.07, 6.45) is 13.6. The highest BCUT2D eigenvalue weighted by Crippen LogP contribution is 2.55. The molecular formula is C23H29N5OS. The zero-order valence-electron chi connectivity index (χ0n) is 17.5. The summed E-state index contributed by atoms with van der Waals surface area (Å²) in [6.45, 7) is 2.01. The maximum absolute atomic E-state index is 13.2. The van der Waals surface area contributed by atoms with Crippen LogP contribution in [-0.4, -0.2) is 36.4 Å². The first-order valence-corrected chi connectivity index (χ1v) is 12.3. The normalized spacial score (nSPS) is 32.9. The number of hydrogen-bond acceptors (Lipinski definition) is 5. The van der Waals surface area contributed by atoms with Crippen molar-refractivity contribution < 1.29 is 4.79 Å². The third kappa shape index (κ3) is 3.35. The van der Waals surface area contributed by atoms with Crippen molar-refractivity contribution in [3.8, 4) is 11.4 Å². The highest BCUT2D eigenvalue weighted by Gasteiger charge is 2.51. The minimum atomic E-state index is -0.179. The summed E-state index contributed by atoms with van der Waals surface area (Å²) in [5.41, 5.74) is 1.04. The molecule has 7 rings (SSSR count). The van der Waals surface area contributed by atoms with Crippen LogP contribution in [0.15, 0.2) is 29.7 Å². The van der Waals surface area contributed by atoms with Crippen molar-refractivity contribution in [1.29, 1.82) is 0 Å². The molecule has 2 aromatic heterocycles. The molecule has 0 spiro atoms. The van der Waals surface area contributed by atoms with Crippen LogP contribution < -0.4 is 5.32 Å². The van der Waals surface area contributed by atoms with Gasteiger partial charge in [-0.15, -0.1) is 10.2 Å². The average molecular weight is 424 g/mol. The number of hydrogen-bond donors (Lipinski definition) is 1. The Bertz CT molecular complexity index is 918. The molecule has 158 valence electrons. The van der Waals surface area contributed by atoms with Crippen LogP contribution in [0.3, 0.4) is 0 Å². The van der Waals surface area contributed by atoms with E-state index < -0.39 is 0 Å². The molecule has 5 fully saturated rings. The molecule has 0 radical (unpaired) electrons. The van der Waals surface area contributed by atoms with E-state index in [1.54, 1.807) is 18.0 Å². The van der Waals surface area contributed by atoms with Gasteiger partial charge in [-0.05, 0) is 88.2 Å². The molecule has 7 heteroatoms. The number of rotatable bonds is 6. The van der Waals surface area contributed by atoms with Crippen LogP contribution in [-0.2, 0) is 4.79 Å². The van der Waals surface area contributed by atoms with Gasteiger partial charge in [0.2, 0.25) is 5.91 Å². The van der Waals surface area contributed by atoms with Crippen LogP contribution in [0.1, 0.15) is 64.3 Å². The van der Waals surface area contributed by atoms with Gasteiger partial charge in [0.1, 0.15) is 0 Å². The molecule has 1 N–H and O–H groups in total. The van der Waals surface area contributed by atoms with Crippen molar-refractivity contribution in [3.63, 3.8) is 0 Å². The molecular weight excluding hydrogens is 394 g/mol. The van der Waals surface area contributed by atoms with E-state index in [0.717, 1.165) is 47.1 Å². The molecule has 1 atom stereocenters. The number of nitrogens with zero attached hydrogens (tertiary/aromatic N) is 4. The number of carbonyl (C=O) groups is 1. The molecule has 6 nitrogen and oxygen atoms in total. The van der Waals surface area contributed by atoms with Gasteiger partial charge in [-0.2, -0.15) is 0 Å². The SMILES string of the molecule is C[C@@H](Sc1nnc(-c2cccnc2)n1C1CC1)C(=O)NC12CC3CC(CC(C3)C1)C2. The van der Waals surface area contributed by atoms with Crippen molar-refractivity contribution in [1.82, 2.24) is 25.1 Å². The van der Waals surface area contributed by atoms with Gasteiger partial charge in [-0.1, -0.05) is 11.8 Å². The molecule has 30 heavy (non-hydrogen) atoms. The average Bonchev–Trinajstić information content (AvgIpc) is 3.47. The van der Waals surface area contributed by atoms with Crippen molar-refractivity contribution in [2.45, 2.75) is 80.3 Å². The van der Waals surface area contributed by atoms with Crippen LogP contribution in [0.25, 0.3) is 11.4 Å². The molecule has 0 aromatic carbocycles. The Morgan fingerprint density at radius 3 is 2.47 bits per heavy atom. The molecule has 5 saturated carbocycles. The fourth-order valence-electron chi connectivity index (χ4n) is 6.55. The van der Waals surface area contributed by atoms with E-state index in [9.17, 15) is 4.79 Å². The number of amides is 1. The minimum absolute atomic E-state index is 0.0612. The molecule has 0 aliphatic heterocycles. The van der Waals surface area contributed by atoms with Crippen LogP contribution in [0, 0.1) is 17.8 Å². The van der Waals surface area contributed by atoms with E-state index >= 15 is 0 Å². The Kier molecular flexibility index (Phi) is 4.44. The van der Waals surface area contributed by atoms with Crippen molar-refractivity contribution in [2.24, 2.45) is 17.8 Å².